The molecule has 1 N–H and O–H groups in total. The molecule has 0 fully saturated rings. The quantitative estimate of drug-likeness (QED) is 0.657. The summed E-state index contributed by atoms with van der Waals surface area (Å²) < 4.78 is 18.8. The van der Waals surface area contributed by atoms with Crippen molar-refractivity contribution >= 4 is 21.8 Å². The van der Waals surface area contributed by atoms with E-state index < -0.39 is 0 Å². The molecule has 26 heavy (non-hydrogen) atoms. The molecule has 1 heterocycles. The van der Waals surface area contributed by atoms with Crippen molar-refractivity contribution in [2.45, 2.75) is 26.8 Å². The maximum atomic E-state index is 12.4. The van der Waals surface area contributed by atoms with Crippen molar-refractivity contribution in [3.05, 3.63) is 33.6 Å². The molecule has 0 saturated carbocycles. The Kier molecular flexibility index (Phi) is 6.90. The van der Waals surface area contributed by atoms with Crippen LogP contribution in [0.3, 0.4) is 0 Å². The van der Waals surface area contributed by atoms with E-state index in [2.05, 4.69) is 26.3 Å². The molecule has 7 nitrogen and oxygen atoms in total. The molecule has 0 aliphatic heterocycles. The second kappa shape index (κ2) is 8.93. The fourth-order valence-corrected chi connectivity index (χ4v) is 2.92. The van der Waals surface area contributed by atoms with Crippen LogP contribution in [-0.2, 0) is 6.54 Å². The average Bonchev–Trinajstić information content (AvgIpc) is 2.90. The van der Waals surface area contributed by atoms with Crippen molar-refractivity contribution in [1.82, 2.24) is 15.1 Å². The highest BCUT2D eigenvalue weighted by molar-refractivity contribution is 9.10. The summed E-state index contributed by atoms with van der Waals surface area (Å²) in [6, 6.07) is 3.27. The van der Waals surface area contributed by atoms with E-state index in [-0.39, 0.29) is 5.91 Å². The lowest BCUT2D eigenvalue weighted by Crippen LogP contribution is -2.25. The highest BCUT2D eigenvalue weighted by Gasteiger charge is 2.16. The molecule has 2 aromatic rings. The van der Waals surface area contributed by atoms with Gasteiger partial charge in [0.25, 0.3) is 5.91 Å². The molecule has 1 aromatic heterocycles. The largest absolute Gasteiger partial charge is 0.493 e. The first kappa shape index (κ1) is 20.1. The maximum absolute atomic E-state index is 12.4. The van der Waals surface area contributed by atoms with E-state index >= 15 is 0 Å². The topological polar surface area (TPSA) is 74.6 Å². The molecule has 0 radical (unpaired) electrons. The van der Waals surface area contributed by atoms with Crippen LogP contribution in [0.1, 0.15) is 28.2 Å². The SMILES string of the molecule is COc1cc(C(=O)NCCCn2nc(C)c(Br)c2C)cc(OC)c1OC. The minimum absolute atomic E-state index is 0.196. The monoisotopic (exact) mass is 425 g/mol. The van der Waals surface area contributed by atoms with E-state index in [0.29, 0.717) is 29.4 Å². The molecule has 1 aromatic carbocycles. The number of carbonyl (C=O) groups is 1. The first-order chi connectivity index (χ1) is 12.4. The van der Waals surface area contributed by atoms with Gasteiger partial charge in [0, 0.05) is 24.3 Å². The van der Waals surface area contributed by atoms with E-state index in [9.17, 15) is 4.79 Å². The third-order valence-electron chi connectivity index (χ3n) is 4.05. The second-order valence-corrected chi connectivity index (χ2v) is 6.52. The molecule has 2 rings (SSSR count). The number of carbonyl (C=O) groups excluding carboxylic acids is 1. The predicted molar refractivity (Wildman–Crippen MR) is 102 cm³/mol. The third-order valence-corrected chi connectivity index (χ3v) is 5.20. The van der Waals surface area contributed by atoms with Crippen LogP contribution in [0, 0.1) is 13.8 Å². The van der Waals surface area contributed by atoms with Crippen molar-refractivity contribution in [1.29, 1.82) is 0 Å². The molecule has 0 unspecified atom stereocenters. The number of aromatic nitrogens is 2. The van der Waals surface area contributed by atoms with Crippen molar-refractivity contribution in [3.8, 4) is 17.2 Å². The number of hydrogen-bond donors (Lipinski definition) is 1. The highest BCUT2D eigenvalue weighted by Crippen LogP contribution is 2.38. The Bertz CT molecular complexity index is 764. The first-order valence-corrected chi connectivity index (χ1v) is 8.99. The normalized spacial score (nSPS) is 10.5. The van der Waals surface area contributed by atoms with E-state index in [0.717, 1.165) is 28.8 Å². The van der Waals surface area contributed by atoms with Gasteiger partial charge in [-0.2, -0.15) is 5.10 Å². The zero-order valence-electron chi connectivity index (χ0n) is 15.7. The highest BCUT2D eigenvalue weighted by atomic mass is 79.9. The molecule has 0 spiro atoms. The summed E-state index contributed by atoms with van der Waals surface area (Å²) in [5.74, 6) is 1.16. The van der Waals surface area contributed by atoms with Gasteiger partial charge in [0.05, 0.1) is 31.5 Å². The van der Waals surface area contributed by atoms with Gasteiger partial charge >= 0.3 is 0 Å². The number of methoxy groups -OCH3 is 3. The van der Waals surface area contributed by atoms with Crippen molar-refractivity contribution in [2.24, 2.45) is 0 Å². The van der Waals surface area contributed by atoms with Gasteiger partial charge < -0.3 is 19.5 Å². The Balaban J connectivity index is 1.98. The summed E-state index contributed by atoms with van der Waals surface area (Å²) in [5.41, 5.74) is 2.50. The summed E-state index contributed by atoms with van der Waals surface area (Å²) in [4.78, 5) is 12.4. The fraction of sp³-hybridized carbons (Fsp3) is 0.444. The van der Waals surface area contributed by atoms with E-state index in [1.165, 1.54) is 21.3 Å². The van der Waals surface area contributed by atoms with Crippen LogP contribution in [0.25, 0.3) is 0 Å². The van der Waals surface area contributed by atoms with Gasteiger partial charge in [-0.3, -0.25) is 9.48 Å². The average molecular weight is 426 g/mol. The van der Waals surface area contributed by atoms with Gasteiger partial charge in [-0.05, 0) is 48.3 Å². The lowest BCUT2D eigenvalue weighted by molar-refractivity contribution is 0.0951. The number of rotatable bonds is 8. The zero-order valence-corrected chi connectivity index (χ0v) is 17.3. The number of aryl methyl sites for hydroxylation is 2. The zero-order chi connectivity index (χ0) is 19.3. The predicted octanol–water partition coefficient (Wildman–Crippen LogP) is 3.11. The number of amides is 1. The maximum Gasteiger partial charge on any atom is 0.251 e. The Labute approximate surface area is 161 Å². The van der Waals surface area contributed by atoms with E-state index in [1.807, 2.05) is 18.5 Å². The smallest absolute Gasteiger partial charge is 0.251 e. The number of benzene rings is 1. The van der Waals surface area contributed by atoms with Gasteiger partial charge in [0.1, 0.15) is 0 Å². The van der Waals surface area contributed by atoms with Gasteiger partial charge in [-0.15, -0.1) is 0 Å². The van der Waals surface area contributed by atoms with Crippen LogP contribution in [0.2, 0.25) is 0 Å². The number of halogens is 1. The Morgan fingerprint density at radius 3 is 2.23 bits per heavy atom. The first-order valence-electron chi connectivity index (χ1n) is 8.20. The summed E-state index contributed by atoms with van der Waals surface area (Å²) in [6.07, 6.45) is 0.768. The van der Waals surface area contributed by atoms with Gasteiger partial charge in [0.2, 0.25) is 5.75 Å². The van der Waals surface area contributed by atoms with Crippen LogP contribution in [0.5, 0.6) is 17.2 Å². The Morgan fingerprint density at radius 1 is 1.15 bits per heavy atom. The summed E-state index contributed by atoms with van der Waals surface area (Å²) >= 11 is 3.51. The molecule has 0 bridgehead atoms. The Hall–Kier alpha value is -2.22. The van der Waals surface area contributed by atoms with Crippen LogP contribution in [0.15, 0.2) is 16.6 Å². The molecule has 142 valence electrons. The molecule has 0 saturated heterocycles. The van der Waals surface area contributed by atoms with Gasteiger partial charge in [-0.25, -0.2) is 0 Å². The summed E-state index contributed by atoms with van der Waals surface area (Å²) in [6.45, 7) is 5.23. The Morgan fingerprint density at radius 2 is 1.77 bits per heavy atom. The minimum atomic E-state index is -0.196. The second-order valence-electron chi connectivity index (χ2n) is 5.73. The van der Waals surface area contributed by atoms with Crippen molar-refractivity contribution in [3.63, 3.8) is 0 Å². The number of nitrogens with one attached hydrogen (secondary N) is 1. The standard InChI is InChI=1S/C18H24BrN3O4/c1-11-16(19)12(2)22(21-11)8-6-7-20-18(23)13-9-14(24-3)17(26-5)15(10-13)25-4/h9-10H,6-8H2,1-5H3,(H,20,23). The van der Waals surface area contributed by atoms with Crippen LogP contribution in [0.4, 0.5) is 0 Å². The van der Waals surface area contributed by atoms with Crippen molar-refractivity contribution < 1.29 is 19.0 Å². The van der Waals surface area contributed by atoms with Crippen LogP contribution in [-0.4, -0.2) is 43.6 Å². The number of hydrogen-bond acceptors (Lipinski definition) is 5. The van der Waals surface area contributed by atoms with E-state index in [4.69, 9.17) is 14.2 Å². The number of nitrogens with zero attached hydrogens (tertiary/aromatic N) is 2. The molecule has 0 aliphatic carbocycles. The van der Waals surface area contributed by atoms with Crippen LogP contribution < -0.4 is 19.5 Å². The number of ether oxygens (including phenoxy) is 3. The van der Waals surface area contributed by atoms with Gasteiger partial charge in [0.15, 0.2) is 11.5 Å². The minimum Gasteiger partial charge on any atom is -0.493 e. The molecule has 0 atom stereocenters. The lowest BCUT2D eigenvalue weighted by atomic mass is 10.1. The third kappa shape index (κ3) is 4.30. The molecular weight excluding hydrogens is 402 g/mol. The van der Waals surface area contributed by atoms with Crippen molar-refractivity contribution in [2.75, 3.05) is 27.9 Å². The molecule has 1 amide bonds. The fourth-order valence-electron chi connectivity index (χ4n) is 2.64. The van der Waals surface area contributed by atoms with Gasteiger partial charge in [-0.1, -0.05) is 0 Å². The summed E-state index contributed by atoms with van der Waals surface area (Å²) in [5, 5.41) is 7.37. The molecule has 0 aliphatic rings. The molecule has 8 heteroatoms. The summed E-state index contributed by atoms with van der Waals surface area (Å²) in [7, 11) is 4.56. The van der Waals surface area contributed by atoms with Crippen LogP contribution >= 0.6 is 15.9 Å². The lowest BCUT2D eigenvalue weighted by Gasteiger charge is -2.14. The van der Waals surface area contributed by atoms with E-state index in [1.54, 1.807) is 12.1 Å². The molecular formula is C18H24BrN3O4.